The Labute approximate surface area is 110 Å². The number of carbonyl (C=O) groups is 1. The fourth-order valence-corrected chi connectivity index (χ4v) is 2.41. The summed E-state index contributed by atoms with van der Waals surface area (Å²) >= 11 is 0. The average molecular weight is 252 g/mol. The van der Waals surface area contributed by atoms with Gasteiger partial charge in [0.15, 0.2) is 0 Å². The van der Waals surface area contributed by atoms with E-state index in [2.05, 4.69) is 32.2 Å². The predicted octanol–water partition coefficient (Wildman–Crippen LogP) is 2.11. The summed E-state index contributed by atoms with van der Waals surface area (Å²) in [6.07, 6.45) is 2.27. The second kappa shape index (κ2) is 5.71. The van der Waals surface area contributed by atoms with E-state index < -0.39 is 5.41 Å². The molecule has 1 fully saturated rings. The first-order valence-corrected chi connectivity index (χ1v) is 6.54. The zero-order chi connectivity index (χ0) is 13.8. The molecule has 0 saturated heterocycles. The van der Waals surface area contributed by atoms with E-state index in [-0.39, 0.29) is 11.3 Å². The van der Waals surface area contributed by atoms with Gasteiger partial charge in [0.25, 0.3) is 0 Å². The number of nitriles is 1. The molecule has 1 N–H and O–H groups in total. The van der Waals surface area contributed by atoms with E-state index in [1.54, 1.807) is 7.11 Å². The minimum Gasteiger partial charge on any atom is -0.385 e. The summed E-state index contributed by atoms with van der Waals surface area (Å²) in [4.78, 5) is 12.1. The topological polar surface area (TPSA) is 62.1 Å². The minimum atomic E-state index is -0.767. The quantitative estimate of drug-likeness (QED) is 0.787. The normalized spacial score (nSPS) is 27.2. The van der Waals surface area contributed by atoms with Gasteiger partial charge in [-0.2, -0.15) is 5.26 Å². The van der Waals surface area contributed by atoms with Gasteiger partial charge in [0.05, 0.1) is 6.07 Å². The molecule has 0 radical (unpaired) electrons. The van der Waals surface area contributed by atoms with Crippen molar-refractivity contribution in [3.63, 3.8) is 0 Å². The number of rotatable bonds is 6. The molecule has 0 aliphatic heterocycles. The van der Waals surface area contributed by atoms with Gasteiger partial charge < -0.3 is 10.1 Å². The smallest absolute Gasteiger partial charge is 0.240 e. The van der Waals surface area contributed by atoms with E-state index in [4.69, 9.17) is 10.00 Å². The van der Waals surface area contributed by atoms with Crippen LogP contribution in [-0.4, -0.2) is 26.2 Å². The van der Waals surface area contributed by atoms with E-state index in [1.807, 2.05) is 0 Å². The van der Waals surface area contributed by atoms with Gasteiger partial charge in [0, 0.05) is 20.3 Å². The van der Waals surface area contributed by atoms with Crippen molar-refractivity contribution in [2.75, 3.05) is 20.3 Å². The largest absolute Gasteiger partial charge is 0.385 e. The number of nitrogens with one attached hydrogen (secondary N) is 1. The molecule has 102 valence electrons. The molecule has 1 aliphatic rings. The molecule has 0 heterocycles. The Morgan fingerprint density at radius 3 is 2.61 bits per heavy atom. The van der Waals surface area contributed by atoms with Crippen LogP contribution in [0.25, 0.3) is 0 Å². The zero-order valence-corrected chi connectivity index (χ0v) is 11.9. The molecule has 0 spiro atoms. The Kier molecular flexibility index (Phi) is 4.75. The highest BCUT2D eigenvalue weighted by Gasteiger charge is 2.49. The highest BCUT2D eigenvalue weighted by Crippen LogP contribution is 2.45. The summed E-state index contributed by atoms with van der Waals surface area (Å²) in [6, 6.07) is 2.19. The van der Waals surface area contributed by atoms with Crippen LogP contribution in [0.15, 0.2) is 0 Å². The van der Waals surface area contributed by atoms with Crippen molar-refractivity contribution in [1.82, 2.24) is 5.32 Å². The van der Waals surface area contributed by atoms with Crippen LogP contribution in [0, 0.1) is 28.1 Å². The second-order valence-corrected chi connectivity index (χ2v) is 6.30. The lowest BCUT2D eigenvalue weighted by Crippen LogP contribution is -2.50. The molecule has 1 amide bonds. The number of amides is 1. The van der Waals surface area contributed by atoms with Crippen LogP contribution in [0.4, 0.5) is 0 Å². The molecular formula is C14H24N2O2. The maximum Gasteiger partial charge on any atom is 0.240 e. The van der Waals surface area contributed by atoms with Gasteiger partial charge in [-0.1, -0.05) is 20.8 Å². The fraction of sp³-hybridized carbons (Fsp3) is 0.857. The lowest BCUT2D eigenvalue weighted by Gasteiger charge is -2.40. The number of carbonyl (C=O) groups excluding carboxylic acids is 1. The molecule has 1 aliphatic carbocycles. The van der Waals surface area contributed by atoms with Crippen LogP contribution < -0.4 is 5.32 Å². The summed E-state index contributed by atoms with van der Waals surface area (Å²) in [6.45, 7) is 7.53. The number of methoxy groups -OCH3 is 1. The molecule has 0 aromatic carbocycles. The van der Waals surface area contributed by atoms with Gasteiger partial charge in [-0.3, -0.25) is 4.79 Å². The summed E-state index contributed by atoms with van der Waals surface area (Å²) < 4.78 is 5.05. The summed E-state index contributed by atoms with van der Waals surface area (Å²) in [7, 11) is 1.68. The summed E-state index contributed by atoms with van der Waals surface area (Å²) in [5.41, 5.74) is -0.769. The molecule has 1 saturated carbocycles. The van der Waals surface area contributed by atoms with Gasteiger partial charge in [-0.05, 0) is 30.6 Å². The molecule has 0 unspecified atom stereocenters. The third kappa shape index (κ3) is 3.46. The standard InChI is InChI=1S/C14H24N2O2/c1-11-7-14(8-11,9-15)12(17)16-10-13(2,3)5-6-18-4/h11H,5-8,10H2,1-4H3,(H,16,17). The predicted molar refractivity (Wildman–Crippen MR) is 69.7 cm³/mol. The lowest BCUT2D eigenvalue weighted by atomic mass is 9.63. The van der Waals surface area contributed by atoms with Crippen LogP contribution in [0.1, 0.15) is 40.0 Å². The molecular weight excluding hydrogens is 228 g/mol. The molecule has 4 heteroatoms. The van der Waals surface area contributed by atoms with Crippen LogP contribution in [0.2, 0.25) is 0 Å². The Hall–Kier alpha value is -1.08. The van der Waals surface area contributed by atoms with E-state index in [0.29, 0.717) is 31.9 Å². The number of nitrogens with zero attached hydrogens (tertiary/aromatic N) is 1. The molecule has 18 heavy (non-hydrogen) atoms. The van der Waals surface area contributed by atoms with Crippen molar-refractivity contribution in [1.29, 1.82) is 5.26 Å². The SMILES string of the molecule is COCCC(C)(C)CNC(=O)C1(C#N)CC(C)C1. The van der Waals surface area contributed by atoms with E-state index in [1.165, 1.54) is 0 Å². The Balaban J connectivity index is 2.44. The highest BCUT2D eigenvalue weighted by molar-refractivity contribution is 5.86. The van der Waals surface area contributed by atoms with E-state index in [0.717, 1.165) is 6.42 Å². The maximum absolute atomic E-state index is 12.1. The Bertz CT molecular complexity index is 338. The third-order valence-corrected chi connectivity index (χ3v) is 3.75. The van der Waals surface area contributed by atoms with E-state index in [9.17, 15) is 4.79 Å². The molecule has 0 bridgehead atoms. The Morgan fingerprint density at radius 2 is 2.17 bits per heavy atom. The van der Waals surface area contributed by atoms with Gasteiger partial charge in [0.2, 0.25) is 5.91 Å². The summed E-state index contributed by atoms with van der Waals surface area (Å²) in [5, 5.41) is 12.1. The monoisotopic (exact) mass is 252 g/mol. The molecule has 0 aromatic rings. The first kappa shape index (κ1) is 15.0. The van der Waals surface area contributed by atoms with Crippen molar-refractivity contribution < 1.29 is 9.53 Å². The van der Waals surface area contributed by atoms with Crippen molar-refractivity contribution in [3.05, 3.63) is 0 Å². The van der Waals surface area contributed by atoms with Gasteiger partial charge in [-0.25, -0.2) is 0 Å². The number of hydrogen-bond donors (Lipinski definition) is 1. The first-order valence-electron chi connectivity index (χ1n) is 6.54. The van der Waals surface area contributed by atoms with E-state index >= 15 is 0 Å². The van der Waals surface area contributed by atoms with Crippen LogP contribution in [0.5, 0.6) is 0 Å². The highest BCUT2D eigenvalue weighted by atomic mass is 16.5. The van der Waals surface area contributed by atoms with Crippen molar-refractivity contribution in [2.24, 2.45) is 16.7 Å². The average Bonchev–Trinajstić information content (AvgIpc) is 2.29. The number of hydrogen-bond acceptors (Lipinski definition) is 3. The fourth-order valence-electron chi connectivity index (χ4n) is 2.41. The van der Waals surface area contributed by atoms with Crippen molar-refractivity contribution >= 4 is 5.91 Å². The molecule has 0 aromatic heterocycles. The van der Waals surface area contributed by atoms with Crippen LogP contribution in [0.3, 0.4) is 0 Å². The van der Waals surface area contributed by atoms with Crippen molar-refractivity contribution in [2.45, 2.75) is 40.0 Å². The van der Waals surface area contributed by atoms with Gasteiger partial charge in [0.1, 0.15) is 5.41 Å². The maximum atomic E-state index is 12.1. The minimum absolute atomic E-state index is 0.00230. The number of ether oxygens (including phenoxy) is 1. The molecule has 1 rings (SSSR count). The van der Waals surface area contributed by atoms with Crippen LogP contribution >= 0.6 is 0 Å². The second-order valence-electron chi connectivity index (χ2n) is 6.30. The zero-order valence-electron chi connectivity index (χ0n) is 11.9. The van der Waals surface area contributed by atoms with Crippen LogP contribution in [-0.2, 0) is 9.53 Å². The lowest BCUT2D eigenvalue weighted by molar-refractivity contribution is -0.134. The summed E-state index contributed by atoms with van der Waals surface area (Å²) in [5.74, 6) is 0.380. The first-order chi connectivity index (χ1) is 8.35. The Morgan fingerprint density at radius 1 is 1.56 bits per heavy atom. The third-order valence-electron chi connectivity index (χ3n) is 3.75. The van der Waals surface area contributed by atoms with Crippen molar-refractivity contribution in [3.8, 4) is 6.07 Å². The van der Waals surface area contributed by atoms with Gasteiger partial charge >= 0.3 is 0 Å². The molecule has 4 nitrogen and oxygen atoms in total. The molecule has 0 atom stereocenters. The van der Waals surface area contributed by atoms with Gasteiger partial charge in [-0.15, -0.1) is 0 Å².